The van der Waals surface area contributed by atoms with Crippen LogP contribution in [0, 0.1) is 5.41 Å². The van der Waals surface area contributed by atoms with E-state index in [4.69, 9.17) is 4.98 Å². The van der Waals surface area contributed by atoms with Gasteiger partial charge < -0.3 is 5.32 Å². The number of thiazole rings is 1. The van der Waals surface area contributed by atoms with Gasteiger partial charge in [0, 0.05) is 4.88 Å². The molecule has 0 radical (unpaired) electrons. The van der Waals surface area contributed by atoms with Gasteiger partial charge in [-0.2, -0.15) is 0 Å². The molecule has 0 bridgehead atoms. The fourth-order valence-electron chi connectivity index (χ4n) is 4.00. The molecule has 3 rings (SSSR count). The van der Waals surface area contributed by atoms with Crippen LogP contribution in [0.25, 0.3) is 0 Å². The van der Waals surface area contributed by atoms with Gasteiger partial charge in [-0.1, -0.05) is 27.2 Å². The van der Waals surface area contributed by atoms with Crippen molar-refractivity contribution in [3.63, 3.8) is 0 Å². The van der Waals surface area contributed by atoms with Crippen molar-refractivity contribution < 1.29 is 0 Å². The first-order valence-electron chi connectivity index (χ1n) is 7.79. The lowest BCUT2D eigenvalue weighted by Gasteiger charge is -2.44. The van der Waals surface area contributed by atoms with E-state index < -0.39 is 0 Å². The Hall–Kier alpha value is -0.410. The van der Waals surface area contributed by atoms with Crippen molar-refractivity contribution in [1.29, 1.82) is 0 Å². The van der Waals surface area contributed by atoms with Crippen LogP contribution in [0.2, 0.25) is 0 Å². The predicted octanol–water partition coefficient (Wildman–Crippen LogP) is 4.04. The first-order chi connectivity index (χ1) is 9.05. The Morgan fingerprint density at radius 3 is 2.74 bits per heavy atom. The number of fused-ring (bicyclic) bond motifs is 1. The van der Waals surface area contributed by atoms with Gasteiger partial charge in [0.2, 0.25) is 0 Å². The summed E-state index contributed by atoms with van der Waals surface area (Å²) < 4.78 is 0. The normalized spacial score (nSPS) is 29.4. The molecule has 2 aliphatic carbocycles. The summed E-state index contributed by atoms with van der Waals surface area (Å²) in [4.78, 5) is 6.59. The molecule has 106 valence electrons. The highest BCUT2D eigenvalue weighted by molar-refractivity contribution is 7.12. The number of nitrogens with one attached hydrogen (secondary N) is 1. The molecule has 1 saturated carbocycles. The van der Waals surface area contributed by atoms with E-state index in [-0.39, 0.29) is 5.54 Å². The Bertz CT molecular complexity index is 438. The largest absolute Gasteiger partial charge is 0.306 e. The van der Waals surface area contributed by atoms with Gasteiger partial charge >= 0.3 is 0 Å². The van der Waals surface area contributed by atoms with Crippen LogP contribution >= 0.6 is 11.3 Å². The van der Waals surface area contributed by atoms with Crippen LogP contribution in [0.4, 0.5) is 0 Å². The molecule has 1 atom stereocenters. The lowest BCUT2D eigenvalue weighted by Crippen LogP contribution is -2.48. The molecule has 1 heterocycles. The van der Waals surface area contributed by atoms with Crippen molar-refractivity contribution in [1.82, 2.24) is 10.3 Å². The van der Waals surface area contributed by atoms with Crippen molar-refractivity contribution in [2.75, 3.05) is 6.54 Å². The standard InChI is InChI=1S/C16H26N2S/c1-4-17-16(10-6-9-15(2,3)11-16)14-18-12-7-5-8-13(12)19-14/h17H,4-11H2,1-3H3. The first kappa shape index (κ1) is 13.6. The smallest absolute Gasteiger partial charge is 0.113 e. The van der Waals surface area contributed by atoms with E-state index in [0.717, 1.165) is 6.54 Å². The number of hydrogen-bond donors (Lipinski definition) is 1. The molecule has 1 aromatic rings. The zero-order valence-electron chi connectivity index (χ0n) is 12.5. The monoisotopic (exact) mass is 278 g/mol. The quantitative estimate of drug-likeness (QED) is 0.902. The molecule has 3 heteroatoms. The van der Waals surface area contributed by atoms with E-state index in [9.17, 15) is 0 Å². The third-order valence-electron chi connectivity index (χ3n) is 4.76. The fraction of sp³-hybridized carbons (Fsp3) is 0.812. The molecule has 2 nitrogen and oxygen atoms in total. The minimum atomic E-state index is 0.158. The van der Waals surface area contributed by atoms with E-state index in [1.807, 2.05) is 11.3 Å². The Morgan fingerprint density at radius 1 is 1.21 bits per heavy atom. The average Bonchev–Trinajstić information content (AvgIpc) is 2.87. The predicted molar refractivity (Wildman–Crippen MR) is 81.7 cm³/mol. The average molecular weight is 278 g/mol. The maximum absolute atomic E-state index is 5.03. The highest BCUT2D eigenvalue weighted by atomic mass is 32.1. The van der Waals surface area contributed by atoms with Crippen molar-refractivity contribution in [3.05, 3.63) is 15.6 Å². The highest BCUT2D eigenvalue weighted by Gasteiger charge is 2.43. The van der Waals surface area contributed by atoms with Crippen LogP contribution in [0.15, 0.2) is 0 Å². The second-order valence-electron chi connectivity index (χ2n) is 7.05. The SMILES string of the molecule is CCNC1(c2nc3c(s2)CCC3)CCCC(C)(C)C1. The highest BCUT2D eigenvalue weighted by Crippen LogP contribution is 2.48. The number of nitrogens with zero attached hydrogens (tertiary/aromatic N) is 1. The van der Waals surface area contributed by atoms with Crippen LogP contribution in [-0.4, -0.2) is 11.5 Å². The van der Waals surface area contributed by atoms with Gasteiger partial charge in [0.05, 0.1) is 11.2 Å². The third kappa shape index (κ3) is 2.47. The van der Waals surface area contributed by atoms with E-state index in [0.29, 0.717) is 5.41 Å². The van der Waals surface area contributed by atoms with Crippen LogP contribution in [0.1, 0.15) is 68.5 Å². The van der Waals surface area contributed by atoms with E-state index in [1.165, 1.54) is 55.6 Å². The number of aryl methyl sites for hydroxylation is 2. The Kier molecular flexibility index (Phi) is 3.46. The molecule has 2 aliphatic rings. The summed E-state index contributed by atoms with van der Waals surface area (Å²) in [7, 11) is 0. The molecule has 1 unspecified atom stereocenters. The Balaban J connectivity index is 1.94. The van der Waals surface area contributed by atoms with Crippen LogP contribution < -0.4 is 5.32 Å². The summed E-state index contributed by atoms with van der Waals surface area (Å²) in [6, 6.07) is 0. The minimum Gasteiger partial charge on any atom is -0.306 e. The summed E-state index contributed by atoms with van der Waals surface area (Å²) >= 11 is 1.99. The van der Waals surface area contributed by atoms with E-state index in [2.05, 4.69) is 26.1 Å². The maximum atomic E-state index is 5.03. The molecule has 1 fully saturated rings. The van der Waals surface area contributed by atoms with Crippen molar-refractivity contribution >= 4 is 11.3 Å². The van der Waals surface area contributed by atoms with Gasteiger partial charge in [0.25, 0.3) is 0 Å². The van der Waals surface area contributed by atoms with E-state index >= 15 is 0 Å². The molecule has 0 aliphatic heterocycles. The lowest BCUT2D eigenvalue weighted by molar-refractivity contribution is 0.119. The van der Waals surface area contributed by atoms with Crippen molar-refractivity contribution in [2.45, 2.75) is 71.3 Å². The summed E-state index contributed by atoms with van der Waals surface area (Å²) in [5.41, 5.74) is 2.00. The van der Waals surface area contributed by atoms with Gasteiger partial charge in [-0.25, -0.2) is 4.98 Å². The zero-order chi connectivity index (χ0) is 13.5. The molecule has 0 spiro atoms. The second kappa shape index (κ2) is 4.85. The molecule has 0 saturated heterocycles. The second-order valence-corrected chi connectivity index (χ2v) is 8.13. The topological polar surface area (TPSA) is 24.9 Å². The van der Waals surface area contributed by atoms with Crippen LogP contribution in [-0.2, 0) is 18.4 Å². The number of rotatable bonds is 3. The van der Waals surface area contributed by atoms with Gasteiger partial charge in [-0.05, 0) is 50.5 Å². The van der Waals surface area contributed by atoms with Gasteiger partial charge in [0.15, 0.2) is 0 Å². The van der Waals surface area contributed by atoms with Gasteiger partial charge in [-0.15, -0.1) is 11.3 Å². The first-order valence-corrected chi connectivity index (χ1v) is 8.60. The molecule has 1 aromatic heterocycles. The Morgan fingerprint density at radius 2 is 2.05 bits per heavy atom. The fourth-order valence-corrected chi connectivity index (χ4v) is 5.35. The van der Waals surface area contributed by atoms with Crippen molar-refractivity contribution in [3.8, 4) is 0 Å². The molecule has 0 amide bonds. The summed E-state index contributed by atoms with van der Waals surface area (Å²) in [5, 5.41) is 5.19. The van der Waals surface area contributed by atoms with E-state index in [1.54, 1.807) is 4.88 Å². The van der Waals surface area contributed by atoms with Crippen molar-refractivity contribution in [2.24, 2.45) is 5.41 Å². The number of hydrogen-bond acceptors (Lipinski definition) is 3. The molecule has 0 aromatic carbocycles. The zero-order valence-corrected chi connectivity index (χ0v) is 13.3. The minimum absolute atomic E-state index is 0.158. The third-order valence-corrected chi connectivity index (χ3v) is 6.12. The number of aromatic nitrogens is 1. The van der Waals surface area contributed by atoms with Crippen LogP contribution in [0.5, 0.6) is 0 Å². The molecular formula is C16H26N2S. The molecular weight excluding hydrogens is 252 g/mol. The lowest BCUT2D eigenvalue weighted by atomic mass is 9.68. The molecule has 19 heavy (non-hydrogen) atoms. The maximum Gasteiger partial charge on any atom is 0.113 e. The Labute approximate surface area is 121 Å². The molecule has 1 N–H and O–H groups in total. The van der Waals surface area contributed by atoms with Gasteiger partial charge in [-0.3, -0.25) is 0 Å². The summed E-state index contributed by atoms with van der Waals surface area (Å²) in [6.07, 6.45) is 8.95. The summed E-state index contributed by atoms with van der Waals surface area (Å²) in [5.74, 6) is 0. The van der Waals surface area contributed by atoms with Gasteiger partial charge in [0.1, 0.15) is 5.01 Å². The summed E-state index contributed by atoms with van der Waals surface area (Å²) in [6.45, 7) is 8.10. The van der Waals surface area contributed by atoms with Crippen LogP contribution in [0.3, 0.4) is 0 Å².